The lowest BCUT2D eigenvalue weighted by atomic mass is 10.2. The fourth-order valence-corrected chi connectivity index (χ4v) is 2.27. The van der Waals surface area contributed by atoms with E-state index in [4.69, 9.17) is 0 Å². The van der Waals surface area contributed by atoms with Gasteiger partial charge in [-0.2, -0.15) is 0 Å². The Kier molecular flexibility index (Phi) is 3.02. The normalized spacial score (nSPS) is 10.9. The molecule has 2 aromatic heterocycles. The Hall–Kier alpha value is -2.56. The van der Waals surface area contributed by atoms with Crippen LogP contribution in [0.5, 0.6) is 0 Å². The number of halogens is 2. The number of rotatable bonds is 3. The van der Waals surface area contributed by atoms with Crippen LogP contribution in [0.3, 0.4) is 0 Å². The van der Waals surface area contributed by atoms with E-state index in [1.807, 2.05) is 6.07 Å². The average molecular weight is 272 g/mol. The maximum atomic E-state index is 13.2. The van der Waals surface area contributed by atoms with Gasteiger partial charge in [0.2, 0.25) is 0 Å². The molecule has 0 fully saturated rings. The number of nitrogens with zero attached hydrogens (tertiary/aromatic N) is 2. The maximum Gasteiger partial charge on any atom is 0.153 e. The molecule has 3 nitrogen and oxygen atoms in total. The van der Waals surface area contributed by atoms with Crippen molar-refractivity contribution >= 4 is 17.3 Å². The quantitative estimate of drug-likeness (QED) is 0.686. The number of hydrogen-bond acceptors (Lipinski definition) is 2. The summed E-state index contributed by atoms with van der Waals surface area (Å²) in [6.45, 7) is 0.269. The molecule has 3 aromatic rings. The van der Waals surface area contributed by atoms with Crippen LogP contribution >= 0.6 is 0 Å². The lowest BCUT2D eigenvalue weighted by Gasteiger charge is -2.05. The van der Waals surface area contributed by atoms with Crippen LogP contribution < -0.4 is 0 Å². The Morgan fingerprint density at radius 2 is 1.95 bits per heavy atom. The Balaban J connectivity index is 2.08. The second kappa shape index (κ2) is 4.85. The van der Waals surface area contributed by atoms with Crippen molar-refractivity contribution in [1.82, 2.24) is 9.55 Å². The van der Waals surface area contributed by atoms with Gasteiger partial charge in [0.1, 0.15) is 11.6 Å². The molecule has 3 rings (SSSR count). The molecule has 0 N–H and O–H groups in total. The van der Waals surface area contributed by atoms with Crippen molar-refractivity contribution < 1.29 is 13.6 Å². The van der Waals surface area contributed by atoms with Gasteiger partial charge in [0.05, 0.1) is 16.6 Å². The van der Waals surface area contributed by atoms with Crippen molar-refractivity contribution in [3.8, 4) is 0 Å². The van der Waals surface area contributed by atoms with Gasteiger partial charge in [-0.3, -0.25) is 9.78 Å². The molecule has 0 atom stereocenters. The number of hydrogen-bond donors (Lipinski definition) is 0. The summed E-state index contributed by atoms with van der Waals surface area (Å²) in [5, 5.41) is 0. The lowest BCUT2D eigenvalue weighted by molar-refractivity contribution is 0.112. The molecule has 0 unspecified atom stereocenters. The van der Waals surface area contributed by atoms with E-state index in [0.717, 1.165) is 17.9 Å². The van der Waals surface area contributed by atoms with Gasteiger partial charge in [-0.25, -0.2) is 8.78 Å². The van der Waals surface area contributed by atoms with Gasteiger partial charge in [-0.05, 0) is 29.8 Å². The smallest absolute Gasteiger partial charge is 0.153 e. The number of aldehydes is 1. The molecule has 0 saturated carbocycles. The van der Waals surface area contributed by atoms with Gasteiger partial charge in [0, 0.05) is 25.0 Å². The number of carbonyl (C=O) groups excluding carboxylic acids is 1. The van der Waals surface area contributed by atoms with Gasteiger partial charge in [0.25, 0.3) is 0 Å². The van der Waals surface area contributed by atoms with E-state index in [0.29, 0.717) is 16.6 Å². The summed E-state index contributed by atoms with van der Waals surface area (Å²) in [4.78, 5) is 15.2. The Labute approximate surface area is 113 Å². The van der Waals surface area contributed by atoms with E-state index < -0.39 is 11.6 Å². The zero-order chi connectivity index (χ0) is 14.1. The Morgan fingerprint density at radius 3 is 2.65 bits per heavy atom. The molecule has 1 aromatic carbocycles. The van der Waals surface area contributed by atoms with E-state index in [-0.39, 0.29) is 6.54 Å². The Morgan fingerprint density at radius 1 is 1.20 bits per heavy atom. The number of fused-ring (bicyclic) bond motifs is 1. The number of aromatic nitrogens is 2. The van der Waals surface area contributed by atoms with Crippen LogP contribution in [0.2, 0.25) is 0 Å². The first-order valence-corrected chi connectivity index (χ1v) is 6.01. The topological polar surface area (TPSA) is 34.9 Å². The first-order valence-electron chi connectivity index (χ1n) is 6.01. The van der Waals surface area contributed by atoms with Gasteiger partial charge in [0.15, 0.2) is 6.29 Å². The summed E-state index contributed by atoms with van der Waals surface area (Å²) < 4.78 is 28.1. The predicted octanol–water partition coefficient (Wildman–Crippen LogP) is 3.18. The van der Waals surface area contributed by atoms with Crippen LogP contribution in [0.25, 0.3) is 11.0 Å². The van der Waals surface area contributed by atoms with Gasteiger partial charge >= 0.3 is 0 Å². The van der Waals surface area contributed by atoms with Crippen molar-refractivity contribution in [2.75, 3.05) is 0 Å². The fourth-order valence-electron chi connectivity index (χ4n) is 2.27. The number of pyridine rings is 1. The van der Waals surface area contributed by atoms with Gasteiger partial charge in [-0.15, -0.1) is 0 Å². The largest absolute Gasteiger partial charge is 0.341 e. The predicted molar refractivity (Wildman–Crippen MR) is 70.6 cm³/mol. The number of benzene rings is 1. The molecular formula is C15H10F2N2O. The molecule has 2 heterocycles. The molecule has 0 aliphatic heterocycles. The van der Waals surface area contributed by atoms with Crippen molar-refractivity contribution in [3.05, 3.63) is 65.5 Å². The average Bonchev–Trinajstić information content (AvgIpc) is 2.76. The maximum absolute atomic E-state index is 13.2. The van der Waals surface area contributed by atoms with Crippen molar-refractivity contribution in [2.45, 2.75) is 6.54 Å². The van der Waals surface area contributed by atoms with Crippen LogP contribution in [0.1, 0.15) is 15.9 Å². The third-order valence-electron chi connectivity index (χ3n) is 3.07. The van der Waals surface area contributed by atoms with Crippen molar-refractivity contribution in [3.63, 3.8) is 0 Å². The lowest BCUT2D eigenvalue weighted by Crippen LogP contribution is -1.99. The van der Waals surface area contributed by atoms with Crippen LogP contribution in [0.4, 0.5) is 8.78 Å². The highest BCUT2D eigenvalue weighted by molar-refractivity contribution is 5.94. The minimum Gasteiger partial charge on any atom is -0.341 e. The molecule has 0 aliphatic rings. The zero-order valence-corrected chi connectivity index (χ0v) is 10.4. The minimum atomic E-state index is -0.620. The van der Waals surface area contributed by atoms with E-state index in [2.05, 4.69) is 4.98 Å². The van der Waals surface area contributed by atoms with E-state index in [1.165, 1.54) is 12.1 Å². The third kappa shape index (κ3) is 2.18. The second-order valence-corrected chi connectivity index (χ2v) is 4.48. The molecule has 100 valence electrons. The SMILES string of the molecule is O=Cc1cn(Cc2cc(F)cc(F)c2)c2cccnc12. The van der Waals surface area contributed by atoms with Gasteiger partial charge < -0.3 is 4.57 Å². The Bertz CT molecular complexity index is 775. The highest BCUT2D eigenvalue weighted by Gasteiger charge is 2.09. The fraction of sp³-hybridized carbons (Fsp3) is 0.0667. The first-order chi connectivity index (χ1) is 9.67. The van der Waals surface area contributed by atoms with E-state index in [9.17, 15) is 13.6 Å². The molecule has 20 heavy (non-hydrogen) atoms. The standard InChI is InChI=1S/C15H10F2N2O/c16-12-4-10(5-13(17)6-12)7-19-8-11(9-20)15-14(19)2-1-3-18-15/h1-6,8-9H,7H2. The summed E-state index contributed by atoms with van der Waals surface area (Å²) in [6.07, 6.45) is 3.95. The van der Waals surface area contributed by atoms with Crippen LogP contribution in [-0.2, 0) is 6.54 Å². The summed E-state index contributed by atoms with van der Waals surface area (Å²) in [5.41, 5.74) is 2.27. The summed E-state index contributed by atoms with van der Waals surface area (Å²) in [6, 6.07) is 6.93. The molecule has 0 saturated heterocycles. The van der Waals surface area contributed by atoms with Crippen molar-refractivity contribution in [1.29, 1.82) is 0 Å². The monoisotopic (exact) mass is 272 g/mol. The first kappa shape index (κ1) is 12.5. The molecule has 5 heteroatoms. The highest BCUT2D eigenvalue weighted by Crippen LogP contribution is 2.19. The van der Waals surface area contributed by atoms with Crippen molar-refractivity contribution in [2.24, 2.45) is 0 Å². The van der Waals surface area contributed by atoms with Crippen LogP contribution in [0, 0.1) is 11.6 Å². The number of carbonyl (C=O) groups is 1. The molecule has 0 spiro atoms. The highest BCUT2D eigenvalue weighted by atomic mass is 19.1. The molecule has 0 aliphatic carbocycles. The van der Waals surface area contributed by atoms with Crippen LogP contribution in [0.15, 0.2) is 42.7 Å². The molecule has 0 amide bonds. The second-order valence-electron chi connectivity index (χ2n) is 4.48. The minimum absolute atomic E-state index is 0.269. The summed E-state index contributed by atoms with van der Waals surface area (Å²) >= 11 is 0. The van der Waals surface area contributed by atoms with Crippen LogP contribution in [-0.4, -0.2) is 15.8 Å². The molecule has 0 bridgehead atoms. The zero-order valence-electron chi connectivity index (χ0n) is 10.4. The third-order valence-corrected chi connectivity index (χ3v) is 3.07. The van der Waals surface area contributed by atoms with E-state index >= 15 is 0 Å². The molecule has 0 radical (unpaired) electrons. The summed E-state index contributed by atoms with van der Waals surface area (Å²) in [5.74, 6) is -1.24. The van der Waals surface area contributed by atoms with Gasteiger partial charge in [-0.1, -0.05) is 0 Å². The van der Waals surface area contributed by atoms with E-state index in [1.54, 1.807) is 23.0 Å². The summed E-state index contributed by atoms with van der Waals surface area (Å²) in [7, 11) is 0. The molecular weight excluding hydrogens is 262 g/mol.